The second-order valence-electron chi connectivity index (χ2n) is 4.58. The Labute approximate surface area is 135 Å². The number of hydrogen-bond acceptors (Lipinski definition) is 8. The smallest absolute Gasteiger partial charge is 0.315 e. The van der Waals surface area contributed by atoms with E-state index in [0.29, 0.717) is 17.1 Å². The monoisotopic (exact) mass is 328 g/mol. The standard InChI is InChI=1S/C14H12N6O4/c1-23-11-6-5-9(8-12(11)24-2)13-16-18-19(17-13)14-10(20(21)22)4-3-7-15-14/h3-8H,1-2H3. The van der Waals surface area contributed by atoms with Crippen LogP contribution in [0.3, 0.4) is 0 Å². The number of tetrazole rings is 1. The number of benzene rings is 1. The number of aromatic nitrogens is 5. The number of rotatable bonds is 5. The first kappa shape index (κ1) is 15.3. The molecule has 0 bridgehead atoms. The molecule has 2 aromatic heterocycles. The Morgan fingerprint density at radius 2 is 1.96 bits per heavy atom. The van der Waals surface area contributed by atoms with Gasteiger partial charge in [-0.1, -0.05) is 0 Å². The highest BCUT2D eigenvalue weighted by molar-refractivity contribution is 5.60. The maximum Gasteiger partial charge on any atom is 0.315 e. The van der Waals surface area contributed by atoms with Crippen LogP contribution in [0.1, 0.15) is 0 Å². The van der Waals surface area contributed by atoms with E-state index in [1.54, 1.807) is 18.2 Å². The van der Waals surface area contributed by atoms with Gasteiger partial charge in [0, 0.05) is 17.8 Å². The van der Waals surface area contributed by atoms with E-state index in [9.17, 15) is 10.1 Å². The van der Waals surface area contributed by atoms with Gasteiger partial charge < -0.3 is 9.47 Å². The Morgan fingerprint density at radius 1 is 1.17 bits per heavy atom. The Bertz CT molecular complexity index is 894. The molecule has 10 heteroatoms. The first-order chi connectivity index (χ1) is 11.6. The van der Waals surface area contributed by atoms with E-state index in [1.165, 1.54) is 32.5 Å². The maximum atomic E-state index is 11.1. The topological polar surface area (TPSA) is 118 Å². The van der Waals surface area contributed by atoms with Gasteiger partial charge in [0.05, 0.1) is 19.1 Å². The van der Waals surface area contributed by atoms with E-state index in [2.05, 4.69) is 20.4 Å². The van der Waals surface area contributed by atoms with E-state index >= 15 is 0 Å². The minimum atomic E-state index is -0.554. The highest BCUT2D eigenvalue weighted by atomic mass is 16.6. The summed E-state index contributed by atoms with van der Waals surface area (Å²) in [7, 11) is 3.05. The van der Waals surface area contributed by atoms with Gasteiger partial charge in [0.1, 0.15) is 0 Å². The molecule has 3 rings (SSSR count). The second kappa shape index (κ2) is 6.28. The van der Waals surface area contributed by atoms with Crippen LogP contribution in [-0.2, 0) is 0 Å². The maximum absolute atomic E-state index is 11.1. The van der Waals surface area contributed by atoms with E-state index in [-0.39, 0.29) is 17.3 Å². The number of hydrogen-bond donors (Lipinski definition) is 0. The summed E-state index contributed by atoms with van der Waals surface area (Å²) in [5.74, 6) is 1.34. The summed E-state index contributed by atoms with van der Waals surface area (Å²) in [4.78, 5) is 15.5. The largest absolute Gasteiger partial charge is 0.493 e. The van der Waals surface area contributed by atoms with Gasteiger partial charge in [-0.25, -0.2) is 4.98 Å². The highest BCUT2D eigenvalue weighted by Gasteiger charge is 2.19. The van der Waals surface area contributed by atoms with Crippen LogP contribution in [0.2, 0.25) is 0 Å². The van der Waals surface area contributed by atoms with Crippen LogP contribution in [-0.4, -0.2) is 44.3 Å². The first-order valence-electron chi connectivity index (χ1n) is 6.76. The van der Waals surface area contributed by atoms with Crippen molar-refractivity contribution in [3.8, 4) is 28.7 Å². The third kappa shape index (κ3) is 2.72. The zero-order chi connectivity index (χ0) is 17.1. The Morgan fingerprint density at radius 3 is 2.67 bits per heavy atom. The van der Waals surface area contributed by atoms with Crippen LogP contribution in [0.25, 0.3) is 17.2 Å². The lowest BCUT2D eigenvalue weighted by Gasteiger charge is -2.07. The fraction of sp³-hybridized carbons (Fsp3) is 0.143. The first-order valence-corrected chi connectivity index (χ1v) is 6.76. The van der Waals surface area contributed by atoms with Crippen LogP contribution in [0.4, 0.5) is 5.69 Å². The summed E-state index contributed by atoms with van der Waals surface area (Å²) in [6, 6.07) is 7.91. The molecule has 0 N–H and O–H groups in total. The minimum Gasteiger partial charge on any atom is -0.493 e. The van der Waals surface area contributed by atoms with Crippen molar-refractivity contribution in [1.82, 2.24) is 25.2 Å². The number of pyridine rings is 1. The summed E-state index contributed by atoms with van der Waals surface area (Å²) in [6.45, 7) is 0. The van der Waals surface area contributed by atoms with Crippen LogP contribution in [0.15, 0.2) is 36.5 Å². The van der Waals surface area contributed by atoms with Crippen molar-refractivity contribution in [1.29, 1.82) is 0 Å². The number of nitro groups is 1. The molecule has 0 aliphatic carbocycles. The summed E-state index contributed by atoms with van der Waals surface area (Å²) in [5, 5.41) is 23.0. The van der Waals surface area contributed by atoms with Crippen molar-refractivity contribution in [2.75, 3.05) is 14.2 Å². The fourth-order valence-corrected chi connectivity index (χ4v) is 2.08. The van der Waals surface area contributed by atoms with Gasteiger partial charge >= 0.3 is 5.69 Å². The molecular weight excluding hydrogens is 316 g/mol. The zero-order valence-corrected chi connectivity index (χ0v) is 12.8. The van der Waals surface area contributed by atoms with Crippen LogP contribution >= 0.6 is 0 Å². The lowest BCUT2D eigenvalue weighted by atomic mass is 10.2. The van der Waals surface area contributed by atoms with Crippen molar-refractivity contribution in [3.63, 3.8) is 0 Å². The molecule has 2 heterocycles. The van der Waals surface area contributed by atoms with E-state index in [1.807, 2.05) is 0 Å². The molecule has 122 valence electrons. The molecule has 0 radical (unpaired) electrons. The summed E-state index contributed by atoms with van der Waals surface area (Å²) < 4.78 is 10.4. The van der Waals surface area contributed by atoms with Gasteiger partial charge in [-0.05, 0) is 29.5 Å². The van der Waals surface area contributed by atoms with Crippen LogP contribution in [0.5, 0.6) is 11.5 Å². The number of ether oxygens (including phenoxy) is 2. The lowest BCUT2D eigenvalue weighted by molar-refractivity contribution is -0.385. The van der Waals surface area contributed by atoms with Crippen molar-refractivity contribution in [3.05, 3.63) is 46.6 Å². The Balaban J connectivity index is 2.02. The quantitative estimate of drug-likeness (QED) is 0.512. The molecular formula is C14H12N6O4. The SMILES string of the molecule is COc1ccc(-c2nnn(-c3ncccc3[N+](=O)[O-])n2)cc1OC. The third-order valence-corrected chi connectivity index (χ3v) is 3.21. The molecule has 1 aromatic carbocycles. The number of nitrogens with zero attached hydrogens (tertiary/aromatic N) is 6. The minimum absolute atomic E-state index is 0.0123. The molecule has 0 saturated carbocycles. The van der Waals surface area contributed by atoms with Crippen LogP contribution in [0, 0.1) is 10.1 Å². The van der Waals surface area contributed by atoms with Gasteiger partial charge in [0.2, 0.25) is 5.82 Å². The third-order valence-electron chi connectivity index (χ3n) is 3.21. The summed E-state index contributed by atoms with van der Waals surface area (Å²) in [5.41, 5.74) is 0.409. The zero-order valence-electron chi connectivity index (χ0n) is 12.8. The predicted molar refractivity (Wildman–Crippen MR) is 82.1 cm³/mol. The molecule has 3 aromatic rings. The van der Waals surface area contributed by atoms with Crippen molar-refractivity contribution in [2.45, 2.75) is 0 Å². The van der Waals surface area contributed by atoms with E-state index in [4.69, 9.17) is 9.47 Å². The average Bonchev–Trinajstić information content (AvgIpc) is 3.11. The van der Waals surface area contributed by atoms with Gasteiger partial charge in [-0.3, -0.25) is 10.1 Å². The van der Waals surface area contributed by atoms with Gasteiger partial charge in [0.25, 0.3) is 5.82 Å². The normalized spacial score (nSPS) is 10.4. The molecule has 0 aliphatic heterocycles. The molecule has 24 heavy (non-hydrogen) atoms. The predicted octanol–water partition coefficient (Wildman–Crippen LogP) is 1.65. The van der Waals surface area contributed by atoms with E-state index < -0.39 is 4.92 Å². The average molecular weight is 328 g/mol. The number of methoxy groups -OCH3 is 2. The van der Waals surface area contributed by atoms with Crippen molar-refractivity contribution >= 4 is 5.69 Å². The highest BCUT2D eigenvalue weighted by Crippen LogP contribution is 2.31. The molecule has 0 aliphatic rings. The molecule has 0 fully saturated rings. The molecule has 0 saturated heterocycles. The summed E-state index contributed by atoms with van der Waals surface area (Å²) >= 11 is 0. The molecule has 0 amide bonds. The molecule has 0 spiro atoms. The van der Waals surface area contributed by atoms with Crippen molar-refractivity contribution in [2.24, 2.45) is 0 Å². The van der Waals surface area contributed by atoms with Crippen LogP contribution < -0.4 is 9.47 Å². The van der Waals surface area contributed by atoms with Gasteiger partial charge in [-0.2, -0.15) is 0 Å². The van der Waals surface area contributed by atoms with Gasteiger partial charge in [-0.15, -0.1) is 15.0 Å². The Hall–Kier alpha value is -3.56. The van der Waals surface area contributed by atoms with E-state index in [0.717, 1.165) is 4.80 Å². The van der Waals surface area contributed by atoms with Crippen molar-refractivity contribution < 1.29 is 14.4 Å². The molecule has 10 nitrogen and oxygen atoms in total. The summed E-state index contributed by atoms with van der Waals surface area (Å²) in [6.07, 6.45) is 1.42. The molecule has 0 unspecified atom stereocenters. The Kier molecular flexibility index (Phi) is 4.01. The molecule has 0 atom stereocenters. The fourth-order valence-electron chi connectivity index (χ4n) is 2.08. The second-order valence-corrected chi connectivity index (χ2v) is 4.58. The lowest BCUT2D eigenvalue weighted by Crippen LogP contribution is -2.05. The van der Waals surface area contributed by atoms with Gasteiger partial charge in [0.15, 0.2) is 11.5 Å².